The Kier molecular flexibility index (Phi) is 5.36. The predicted molar refractivity (Wildman–Crippen MR) is 61.6 cm³/mol. The Hall–Kier alpha value is -0.650. The average Bonchev–Trinajstić information content (AvgIpc) is 2.18. The molecule has 1 saturated heterocycles. The molecule has 5 nitrogen and oxygen atoms in total. The first-order chi connectivity index (χ1) is 7.88. The molecule has 2 atom stereocenters. The summed E-state index contributed by atoms with van der Waals surface area (Å²) in [6, 6.07) is 0. The van der Waals surface area contributed by atoms with E-state index >= 15 is 0 Å². The molecule has 0 amide bonds. The second kappa shape index (κ2) is 6.33. The molecule has 1 aliphatic rings. The monoisotopic (exact) mass is 246 g/mol. The minimum atomic E-state index is -0.499. The summed E-state index contributed by atoms with van der Waals surface area (Å²) in [5, 5.41) is 9.60. The molecule has 1 fully saturated rings. The molecule has 0 unspecified atom stereocenters. The largest absolute Gasteiger partial charge is 0.458 e. The van der Waals surface area contributed by atoms with Crippen LogP contribution < -0.4 is 0 Å². The Morgan fingerprint density at radius 2 is 2.18 bits per heavy atom. The maximum absolute atomic E-state index is 11.3. The minimum absolute atomic E-state index is 0.107. The summed E-state index contributed by atoms with van der Waals surface area (Å²) in [6.45, 7) is 6.17. The highest BCUT2D eigenvalue weighted by Crippen LogP contribution is 2.14. The van der Waals surface area contributed by atoms with Gasteiger partial charge in [-0.1, -0.05) is 0 Å². The van der Waals surface area contributed by atoms with Crippen LogP contribution in [0.5, 0.6) is 0 Å². The molecule has 5 heteroatoms. The van der Waals surface area contributed by atoms with E-state index in [4.69, 9.17) is 14.2 Å². The average molecular weight is 246 g/mol. The van der Waals surface area contributed by atoms with Crippen LogP contribution in [0.3, 0.4) is 0 Å². The molecular weight excluding hydrogens is 224 g/mol. The van der Waals surface area contributed by atoms with Crippen molar-refractivity contribution in [2.24, 2.45) is 0 Å². The zero-order valence-electron chi connectivity index (χ0n) is 10.8. The van der Waals surface area contributed by atoms with Gasteiger partial charge in [0.2, 0.25) is 0 Å². The lowest BCUT2D eigenvalue weighted by molar-refractivity contribution is -0.164. The van der Waals surface area contributed by atoms with Crippen LogP contribution in [0.15, 0.2) is 0 Å². The number of aliphatic hydroxyl groups is 1. The molecule has 1 heterocycles. The number of hydrogen-bond donors (Lipinski definition) is 1. The van der Waals surface area contributed by atoms with Gasteiger partial charge >= 0.3 is 5.97 Å². The van der Waals surface area contributed by atoms with Gasteiger partial charge < -0.3 is 19.3 Å². The topological polar surface area (TPSA) is 65.0 Å². The Labute approximate surface area is 102 Å². The molecule has 1 rings (SSSR count). The van der Waals surface area contributed by atoms with Gasteiger partial charge in [-0.3, -0.25) is 0 Å². The molecule has 100 valence electrons. The van der Waals surface area contributed by atoms with Crippen molar-refractivity contribution < 1.29 is 24.1 Å². The highest BCUT2D eigenvalue weighted by Gasteiger charge is 2.24. The van der Waals surface area contributed by atoms with Gasteiger partial charge in [-0.15, -0.1) is 0 Å². The molecule has 0 bridgehead atoms. The summed E-state index contributed by atoms with van der Waals surface area (Å²) in [5.74, 6) is -0.400. The molecule has 0 aromatic carbocycles. The maximum Gasteiger partial charge on any atom is 0.332 e. The standard InChI is InChI=1S/C12H22O5/c1-12(2,3)17-11(14)8-15-7-10-9(13)5-4-6-16-10/h9-10,13H,4-8H2,1-3H3/t9-,10+/m0/s1. The van der Waals surface area contributed by atoms with Gasteiger partial charge in [0.15, 0.2) is 0 Å². The maximum atomic E-state index is 11.3. The van der Waals surface area contributed by atoms with Gasteiger partial charge in [0.1, 0.15) is 18.3 Å². The smallest absolute Gasteiger partial charge is 0.332 e. The molecule has 0 spiro atoms. The summed E-state index contributed by atoms with van der Waals surface area (Å²) < 4.78 is 15.6. The lowest BCUT2D eigenvalue weighted by atomic mass is 10.1. The lowest BCUT2D eigenvalue weighted by Gasteiger charge is -2.27. The number of hydrogen-bond acceptors (Lipinski definition) is 5. The van der Waals surface area contributed by atoms with Crippen LogP contribution in [0, 0.1) is 0 Å². The zero-order chi connectivity index (χ0) is 12.9. The van der Waals surface area contributed by atoms with E-state index in [-0.39, 0.29) is 19.3 Å². The fourth-order valence-corrected chi connectivity index (χ4v) is 1.61. The van der Waals surface area contributed by atoms with Gasteiger partial charge in [0.25, 0.3) is 0 Å². The Balaban J connectivity index is 2.16. The van der Waals surface area contributed by atoms with Crippen molar-refractivity contribution in [3.63, 3.8) is 0 Å². The van der Waals surface area contributed by atoms with Crippen LogP contribution in [0.25, 0.3) is 0 Å². The summed E-state index contributed by atoms with van der Waals surface area (Å²) in [5.41, 5.74) is -0.499. The SMILES string of the molecule is CC(C)(C)OC(=O)COC[C@H]1OCCC[C@@H]1O. The fraction of sp³-hybridized carbons (Fsp3) is 0.917. The summed E-state index contributed by atoms with van der Waals surface area (Å²) >= 11 is 0. The normalized spacial score (nSPS) is 25.6. The number of rotatable bonds is 4. The summed E-state index contributed by atoms with van der Waals surface area (Å²) in [4.78, 5) is 11.3. The predicted octanol–water partition coefficient (Wildman–Crippen LogP) is 0.885. The van der Waals surface area contributed by atoms with Crippen LogP contribution >= 0.6 is 0 Å². The number of carbonyl (C=O) groups excluding carboxylic acids is 1. The van der Waals surface area contributed by atoms with Crippen molar-refractivity contribution in [1.82, 2.24) is 0 Å². The van der Waals surface area contributed by atoms with Crippen molar-refractivity contribution in [1.29, 1.82) is 0 Å². The second-order valence-electron chi connectivity index (χ2n) is 5.22. The van der Waals surface area contributed by atoms with Gasteiger partial charge in [-0.2, -0.15) is 0 Å². The van der Waals surface area contributed by atoms with Crippen molar-refractivity contribution in [3.05, 3.63) is 0 Å². The van der Waals surface area contributed by atoms with Crippen LogP contribution in [0.1, 0.15) is 33.6 Å². The van der Waals surface area contributed by atoms with E-state index in [1.54, 1.807) is 20.8 Å². The van der Waals surface area contributed by atoms with Gasteiger partial charge in [-0.25, -0.2) is 4.79 Å². The summed E-state index contributed by atoms with van der Waals surface area (Å²) in [6.07, 6.45) is 0.762. The molecule has 0 aromatic heterocycles. The quantitative estimate of drug-likeness (QED) is 0.746. The van der Waals surface area contributed by atoms with Gasteiger partial charge in [0, 0.05) is 6.61 Å². The minimum Gasteiger partial charge on any atom is -0.458 e. The third-order valence-electron chi connectivity index (χ3n) is 2.33. The third kappa shape index (κ3) is 6.00. The van der Waals surface area contributed by atoms with Crippen LogP contribution in [-0.2, 0) is 19.0 Å². The molecule has 1 aliphatic heterocycles. The van der Waals surface area contributed by atoms with E-state index in [0.717, 1.165) is 12.8 Å². The first-order valence-electron chi connectivity index (χ1n) is 5.98. The fourth-order valence-electron chi connectivity index (χ4n) is 1.61. The zero-order valence-corrected chi connectivity index (χ0v) is 10.8. The van der Waals surface area contributed by atoms with Crippen LogP contribution in [-0.4, -0.2) is 48.7 Å². The highest BCUT2D eigenvalue weighted by molar-refractivity contribution is 5.71. The van der Waals surface area contributed by atoms with E-state index in [0.29, 0.717) is 6.61 Å². The molecule has 0 radical (unpaired) electrons. The van der Waals surface area contributed by atoms with Crippen molar-refractivity contribution in [2.75, 3.05) is 19.8 Å². The summed E-state index contributed by atoms with van der Waals surface area (Å²) in [7, 11) is 0. The highest BCUT2D eigenvalue weighted by atomic mass is 16.6. The van der Waals surface area contributed by atoms with E-state index < -0.39 is 17.7 Å². The third-order valence-corrected chi connectivity index (χ3v) is 2.33. The van der Waals surface area contributed by atoms with E-state index in [1.165, 1.54) is 0 Å². The molecule has 0 aliphatic carbocycles. The van der Waals surface area contributed by atoms with Crippen molar-refractivity contribution in [2.45, 2.75) is 51.4 Å². The first-order valence-corrected chi connectivity index (χ1v) is 5.98. The molecule has 17 heavy (non-hydrogen) atoms. The molecule has 0 aromatic rings. The number of ether oxygens (including phenoxy) is 3. The molecule has 1 N–H and O–H groups in total. The lowest BCUT2D eigenvalue weighted by Crippen LogP contribution is -2.38. The van der Waals surface area contributed by atoms with E-state index in [1.807, 2.05) is 0 Å². The Morgan fingerprint density at radius 3 is 2.76 bits per heavy atom. The molecule has 0 saturated carbocycles. The Bertz CT molecular complexity index is 246. The second-order valence-corrected chi connectivity index (χ2v) is 5.22. The van der Waals surface area contributed by atoms with E-state index in [2.05, 4.69) is 0 Å². The Morgan fingerprint density at radius 1 is 1.47 bits per heavy atom. The van der Waals surface area contributed by atoms with Crippen molar-refractivity contribution >= 4 is 5.97 Å². The van der Waals surface area contributed by atoms with Crippen molar-refractivity contribution in [3.8, 4) is 0 Å². The van der Waals surface area contributed by atoms with Gasteiger partial charge in [-0.05, 0) is 33.6 Å². The number of aliphatic hydroxyl groups excluding tert-OH is 1. The van der Waals surface area contributed by atoms with E-state index in [9.17, 15) is 9.90 Å². The first kappa shape index (κ1) is 14.4. The van der Waals surface area contributed by atoms with Crippen LogP contribution in [0.4, 0.5) is 0 Å². The number of carbonyl (C=O) groups is 1. The molecular formula is C12H22O5. The van der Waals surface area contributed by atoms with Gasteiger partial charge in [0.05, 0.1) is 12.7 Å². The number of esters is 1. The van der Waals surface area contributed by atoms with Crippen LogP contribution in [0.2, 0.25) is 0 Å².